The highest BCUT2D eigenvalue weighted by molar-refractivity contribution is 6.30. The van der Waals surface area contributed by atoms with Crippen LogP contribution >= 0.6 is 11.6 Å². The lowest BCUT2D eigenvalue weighted by molar-refractivity contribution is -0.130. The second-order valence-electron chi connectivity index (χ2n) is 5.81. The topological polar surface area (TPSA) is 62.6 Å². The van der Waals surface area contributed by atoms with E-state index >= 15 is 0 Å². The molecule has 0 heterocycles. The number of carbonyl (C=O) groups is 1. The summed E-state index contributed by atoms with van der Waals surface area (Å²) in [6.45, 7) is 0.905. The van der Waals surface area contributed by atoms with Gasteiger partial charge in [0, 0.05) is 31.1 Å². The molecule has 26 heavy (non-hydrogen) atoms. The first-order valence-corrected chi connectivity index (χ1v) is 8.60. The highest BCUT2D eigenvalue weighted by Gasteiger charge is 2.10. The molecule has 0 spiro atoms. The summed E-state index contributed by atoms with van der Waals surface area (Å²) in [7, 11) is 3.30. The number of hydrogen-bond acceptors (Lipinski definition) is 4. The third kappa shape index (κ3) is 5.68. The van der Waals surface area contributed by atoms with Crippen LogP contribution in [-0.2, 0) is 11.3 Å². The predicted molar refractivity (Wildman–Crippen MR) is 100 cm³/mol. The van der Waals surface area contributed by atoms with E-state index < -0.39 is 0 Å². The summed E-state index contributed by atoms with van der Waals surface area (Å²) in [6, 6.07) is 14.5. The molecule has 6 heteroatoms. The summed E-state index contributed by atoms with van der Waals surface area (Å²) in [5, 5.41) is 9.56. The van der Waals surface area contributed by atoms with Gasteiger partial charge in [0.2, 0.25) is 5.91 Å². The van der Waals surface area contributed by atoms with Crippen LogP contribution in [-0.4, -0.2) is 31.6 Å². The molecule has 0 atom stereocenters. The summed E-state index contributed by atoms with van der Waals surface area (Å²) < 4.78 is 10.9. The van der Waals surface area contributed by atoms with Crippen LogP contribution in [0.5, 0.6) is 11.5 Å². The number of benzene rings is 2. The monoisotopic (exact) mass is 372 g/mol. The van der Waals surface area contributed by atoms with Gasteiger partial charge in [0.1, 0.15) is 0 Å². The number of hydrogen-bond donors (Lipinski definition) is 0. The fourth-order valence-corrected chi connectivity index (χ4v) is 2.66. The Bertz CT molecular complexity index is 802. The van der Waals surface area contributed by atoms with Crippen molar-refractivity contribution in [1.29, 1.82) is 5.26 Å². The van der Waals surface area contributed by atoms with Crippen molar-refractivity contribution in [3.63, 3.8) is 0 Å². The Balaban J connectivity index is 1.79. The van der Waals surface area contributed by atoms with E-state index in [-0.39, 0.29) is 5.91 Å². The lowest BCUT2D eigenvalue weighted by Gasteiger charge is -2.17. The third-order valence-electron chi connectivity index (χ3n) is 3.82. The summed E-state index contributed by atoms with van der Waals surface area (Å²) in [5.74, 6) is 1.11. The number of ether oxygens (including phenoxy) is 2. The SMILES string of the molecule is COc1cc(C#N)ccc1OCCCC(=O)N(C)Cc1cccc(Cl)c1. The Morgan fingerprint density at radius 1 is 1.23 bits per heavy atom. The smallest absolute Gasteiger partial charge is 0.222 e. The van der Waals surface area contributed by atoms with Gasteiger partial charge in [0.25, 0.3) is 0 Å². The Hall–Kier alpha value is -2.71. The number of nitriles is 1. The maximum Gasteiger partial charge on any atom is 0.222 e. The van der Waals surface area contributed by atoms with E-state index in [1.807, 2.05) is 24.3 Å². The molecule has 2 rings (SSSR count). The van der Waals surface area contributed by atoms with E-state index in [2.05, 4.69) is 6.07 Å². The molecular formula is C20H21ClN2O3. The van der Waals surface area contributed by atoms with Crippen molar-refractivity contribution < 1.29 is 14.3 Å². The quantitative estimate of drug-likeness (QED) is 0.656. The third-order valence-corrected chi connectivity index (χ3v) is 4.05. The maximum atomic E-state index is 12.2. The van der Waals surface area contributed by atoms with Gasteiger partial charge in [-0.3, -0.25) is 4.79 Å². The van der Waals surface area contributed by atoms with Gasteiger partial charge in [0.15, 0.2) is 11.5 Å². The zero-order valence-corrected chi connectivity index (χ0v) is 15.6. The van der Waals surface area contributed by atoms with Gasteiger partial charge in [-0.1, -0.05) is 23.7 Å². The normalized spacial score (nSPS) is 10.1. The molecule has 0 aliphatic carbocycles. The number of nitrogens with zero attached hydrogens (tertiary/aromatic N) is 2. The zero-order chi connectivity index (χ0) is 18.9. The average Bonchev–Trinajstić information content (AvgIpc) is 2.65. The molecule has 0 radical (unpaired) electrons. The number of carbonyl (C=O) groups excluding carboxylic acids is 1. The van der Waals surface area contributed by atoms with Crippen molar-refractivity contribution in [2.24, 2.45) is 0 Å². The number of methoxy groups -OCH3 is 1. The molecule has 0 aromatic heterocycles. The molecule has 5 nitrogen and oxygen atoms in total. The summed E-state index contributed by atoms with van der Waals surface area (Å²) >= 11 is 5.96. The van der Waals surface area contributed by atoms with Gasteiger partial charge in [-0.25, -0.2) is 0 Å². The van der Waals surface area contributed by atoms with Gasteiger partial charge in [-0.2, -0.15) is 5.26 Å². The molecule has 136 valence electrons. The van der Waals surface area contributed by atoms with E-state index in [4.69, 9.17) is 26.3 Å². The van der Waals surface area contributed by atoms with Crippen LogP contribution in [0.15, 0.2) is 42.5 Å². The van der Waals surface area contributed by atoms with Crippen molar-refractivity contribution in [2.45, 2.75) is 19.4 Å². The minimum Gasteiger partial charge on any atom is -0.493 e. The highest BCUT2D eigenvalue weighted by Crippen LogP contribution is 2.28. The van der Waals surface area contributed by atoms with Crippen LogP contribution in [0.1, 0.15) is 24.0 Å². The summed E-state index contributed by atoms with van der Waals surface area (Å²) in [5.41, 5.74) is 1.50. The number of rotatable bonds is 8. The minimum atomic E-state index is 0.0420. The molecule has 2 aromatic carbocycles. The number of halogens is 1. The molecular weight excluding hydrogens is 352 g/mol. The summed E-state index contributed by atoms with van der Waals surface area (Å²) in [6.07, 6.45) is 0.970. The van der Waals surface area contributed by atoms with Crippen molar-refractivity contribution in [2.75, 3.05) is 20.8 Å². The van der Waals surface area contributed by atoms with Crippen LogP contribution < -0.4 is 9.47 Å². The van der Waals surface area contributed by atoms with Crippen LogP contribution in [0, 0.1) is 11.3 Å². The van der Waals surface area contributed by atoms with E-state index in [0.29, 0.717) is 48.1 Å². The van der Waals surface area contributed by atoms with Crippen molar-refractivity contribution in [1.82, 2.24) is 4.90 Å². The highest BCUT2D eigenvalue weighted by atomic mass is 35.5. The lowest BCUT2D eigenvalue weighted by Crippen LogP contribution is -2.26. The molecule has 0 saturated carbocycles. The second kappa shape index (κ2) is 9.69. The number of amides is 1. The molecule has 0 aliphatic heterocycles. The molecule has 0 fully saturated rings. The first kappa shape index (κ1) is 19.6. The Morgan fingerprint density at radius 2 is 2.04 bits per heavy atom. The Morgan fingerprint density at radius 3 is 2.73 bits per heavy atom. The van der Waals surface area contributed by atoms with Gasteiger partial charge in [-0.15, -0.1) is 0 Å². The largest absolute Gasteiger partial charge is 0.493 e. The van der Waals surface area contributed by atoms with Crippen molar-refractivity contribution in [3.05, 3.63) is 58.6 Å². The lowest BCUT2D eigenvalue weighted by atomic mass is 10.2. The maximum absolute atomic E-state index is 12.2. The first-order valence-electron chi connectivity index (χ1n) is 8.23. The standard InChI is InChI=1S/C20H21ClN2O3/c1-23(14-16-5-3-6-17(21)11-16)20(24)7-4-10-26-18-9-8-15(13-22)12-19(18)25-2/h3,5-6,8-9,11-12H,4,7,10,14H2,1-2H3. The van der Waals surface area contributed by atoms with Crippen LogP contribution in [0.4, 0.5) is 0 Å². The van der Waals surface area contributed by atoms with Gasteiger partial charge >= 0.3 is 0 Å². The van der Waals surface area contributed by atoms with Gasteiger partial charge in [-0.05, 0) is 36.2 Å². The zero-order valence-electron chi connectivity index (χ0n) is 14.9. The minimum absolute atomic E-state index is 0.0420. The van der Waals surface area contributed by atoms with E-state index in [0.717, 1.165) is 5.56 Å². The van der Waals surface area contributed by atoms with Gasteiger partial charge < -0.3 is 14.4 Å². The molecule has 2 aromatic rings. The first-order chi connectivity index (χ1) is 12.5. The molecule has 0 unspecified atom stereocenters. The summed E-state index contributed by atoms with van der Waals surface area (Å²) in [4.78, 5) is 13.9. The van der Waals surface area contributed by atoms with E-state index in [1.165, 1.54) is 7.11 Å². The van der Waals surface area contributed by atoms with E-state index in [9.17, 15) is 4.79 Å². The Labute approximate surface area is 158 Å². The van der Waals surface area contributed by atoms with Crippen LogP contribution in [0.25, 0.3) is 0 Å². The Kier molecular flexibility index (Phi) is 7.31. The fraction of sp³-hybridized carbons (Fsp3) is 0.300. The average molecular weight is 373 g/mol. The molecule has 1 amide bonds. The fourth-order valence-electron chi connectivity index (χ4n) is 2.45. The molecule has 0 bridgehead atoms. The van der Waals surface area contributed by atoms with Crippen LogP contribution in [0.3, 0.4) is 0 Å². The van der Waals surface area contributed by atoms with Gasteiger partial charge in [0.05, 0.1) is 25.3 Å². The van der Waals surface area contributed by atoms with Crippen molar-refractivity contribution in [3.8, 4) is 17.6 Å². The van der Waals surface area contributed by atoms with Crippen LogP contribution in [0.2, 0.25) is 5.02 Å². The molecule has 0 saturated heterocycles. The van der Waals surface area contributed by atoms with Crippen molar-refractivity contribution >= 4 is 17.5 Å². The predicted octanol–water partition coefficient (Wildman–Crippen LogP) is 4.04. The molecule has 0 N–H and O–H groups in total. The second-order valence-corrected chi connectivity index (χ2v) is 6.25. The molecule has 0 aliphatic rings. The van der Waals surface area contributed by atoms with E-state index in [1.54, 1.807) is 30.1 Å².